The van der Waals surface area contributed by atoms with E-state index in [-0.39, 0.29) is 0 Å². The monoisotopic (exact) mass is 173 g/mol. The smallest absolute Gasteiger partial charge is 0.140 e. The SMILES string of the molecule is CC1CC1Nc1ccc(C#N)nc1. The third-order valence-corrected chi connectivity index (χ3v) is 2.34. The van der Waals surface area contributed by atoms with Crippen LogP contribution >= 0.6 is 0 Å². The van der Waals surface area contributed by atoms with Gasteiger partial charge in [0.1, 0.15) is 11.8 Å². The lowest BCUT2D eigenvalue weighted by atomic mass is 10.3. The summed E-state index contributed by atoms with van der Waals surface area (Å²) in [5, 5.41) is 11.9. The first kappa shape index (κ1) is 8.06. The van der Waals surface area contributed by atoms with Crippen LogP contribution in [0.4, 0.5) is 5.69 Å². The molecule has 1 aliphatic carbocycles. The van der Waals surface area contributed by atoms with E-state index in [0.717, 1.165) is 11.6 Å². The fourth-order valence-corrected chi connectivity index (χ4v) is 1.28. The average Bonchev–Trinajstić information content (AvgIpc) is 2.83. The van der Waals surface area contributed by atoms with Crippen LogP contribution in [0, 0.1) is 17.2 Å². The van der Waals surface area contributed by atoms with Gasteiger partial charge in [-0.1, -0.05) is 6.92 Å². The summed E-state index contributed by atoms with van der Waals surface area (Å²) in [4.78, 5) is 3.98. The summed E-state index contributed by atoms with van der Waals surface area (Å²) >= 11 is 0. The third kappa shape index (κ3) is 1.78. The number of pyridine rings is 1. The molecule has 1 N–H and O–H groups in total. The van der Waals surface area contributed by atoms with Crippen molar-refractivity contribution >= 4 is 5.69 Å². The van der Waals surface area contributed by atoms with Crippen LogP contribution in [0.2, 0.25) is 0 Å². The molecule has 3 nitrogen and oxygen atoms in total. The van der Waals surface area contributed by atoms with E-state index in [9.17, 15) is 0 Å². The Morgan fingerprint density at radius 1 is 1.62 bits per heavy atom. The van der Waals surface area contributed by atoms with E-state index in [1.54, 1.807) is 12.3 Å². The van der Waals surface area contributed by atoms with E-state index in [2.05, 4.69) is 17.2 Å². The Hall–Kier alpha value is -1.56. The fraction of sp³-hybridized carbons (Fsp3) is 0.400. The molecule has 13 heavy (non-hydrogen) atoms. The Kier molecular flexibility index (Phi) is 1.90. The minimum absolute atomic E-state index is 0.467. The number of nitrogens with zero attached hydrogens (tertiary/aromatic N) is 2. The minimum Gasteiger partial charge on any atom is -0.381 e. The molecule has 2 unspecified atom stereocenters. The van der Waals surface area contributed by atoms with Gasteiger partial charge >= 0.3 is 0 Å². The molecule has 1 aromatic heterocycles. The zero-order valence-electron chi connectivity index (χ0n) is 7.49. The van der Waals surface area contributed by atoms with E-state index in [1.807, 2.05) is 12.1 Å². The quantitative estimate of drug-likeness (QED) is 0.741. The first-order chi connectivity index (χ1) is 6.29. The summed E-state index contributed by atoms with van der Waals surface area (Å²) in [6.07, 6.45) is 2.95. The molecule has 0 spiro atoms. The van der Waals surface area contributed by atoms with Crippen molar-refractivity contribution in [3.8, 4) is 6.07 Å². The zero-order valence-corrected chi connectivity index (χ0v) is 7.49. The highest BCUT2D eigenvalue weighted by molar-refractivity contribution is 5.44. The highest BCUT2D eigenvalue weighted by atomic mass is 15.0. The molecule has 0 aliphatic heterocycles. The van der Waals surface area contributed by atoms with Gasteiger partial charge < -0.3 is 5.32 Å². The van der Waals surface area contributed by atoms with Crippen LogP contribution in [0.15, 0.2) is 18.3 Å². The first-order valence-electron chi connectivity index (χ1n) is 4.42. The Balaban J connectivity index is 2.02. The van der Waals surface area contributed by atoms with Crippen molar-refractivity contribution in [2.75, 3.05) is 5.32 Å². The standard InChI is InChI=1S/C10H11N3/c1-7-4-10(7)13-9-3-2-8(5-11)12-6-9/h2-3,6-7,10,13H,4H2,1H3. The highest BCUT2D eigenvalue weighted by Gasteiger charge is 2.32. The van der Waals surface area contributed by atoms with Gasteiger partial charge in [-0.05, 0) is 24.5 Å². The molecule has 2 rings (SSSR count). The molecule has 0 amide bonds. The van der Waals surface area contributed by atoms with Crippen LogP contribution in [0.5, 0.6) is 0 Å². The van der Waals surface area contributed by atoms with Crippen molar-refractivity contribution in [3.63, 3.8) is 0 Å². The molecule has 1 fully saturated rings. The maximum Gasteiger partial charge on any atom is 0.140 e. The second kappa shape index (κ2) is 3.06. The average molecular weight is 173 g/mol. The van der Waals surface area contributed by atoms with E-state index >= 15 is 0 Å². The van der Waals surface area contributed by atoms with Gasteiger partial charge in [-0.25, -0.2) is 4.98 Å². The second-order valence-electron chi connectivity index (χ2n) is 3.51. The molecule has 0 saturated heterocycles. The van der Waals surface area contributed by atoms with Gasteiger partial charge in [-0.15, -0.1) is 0 Å². The number of rotatable bonds is 2. The highest BCUT2D eigenvalue weighted by Crippen LogP contribution is 2.32. The van der Waals surface area contributed by atoms with Gasteiger partial charge in [-0.2, -0.15) is 5.26 Å². The molecule has 0 radical (unpaired) electrons. The van der Waals surface area contributed by atoms with Gasteiger partial charge in [-0.3, -0.25) is 0 Å². The van der Waals surface area contributed by atoms with Crippen LogP contribution in [-0.2, 0) is 0 Å². The van der Waals surface area contributed by atoms with E-state index in [0.29, 0.717) is 11.7 Å². The van der Waals surface area contributed by atoms with E-state index in [4.69, 9.17) is 5.26 Å². The lowest BCUT2D eigenvalue weighted by Gasteiger charge is -2.02. The molecule has 2 atom stereocenters. The molecule has 0 aromatic carbocycles. The summed E-state index contributed by atoms with van der Waals surface area (Å²) in [6, 6.07) is 6.23. The molecule has 1 saturated carbocycles. The minimum atomic E-state index is 0.467. The van der Waals surface area contributed by atoms with Crippen LogP contribution in [-0.4, -0.2) is 11.0 Å². The number of hydrogen-bond donors (Lipinski definition) is 1. The summed E-state index contributed by atoms with van der Waals surface area (Å²) in [6.45, 7) is 2.22. The Labute approximate surface area is 77.4 Å². The van der Waals surface area contributed by atoms with Gasteiger partial charge in [0.05, 0.1) is 11.9 Å². The molecule has 1 aromatic rings. The van der Waals surface area contributed by atoms with Crippen molar-refractivity contribution in [1.82, 2.24) is 4.98 Å². The van der Waals surface area contributed by atoms with E-state index in [1.165, 1.54) is 6.42 Å². The number of anilines is 1. The first-order valence-corrected chi connectivity index (χ1v) is 4.42. The Morgan fingerprint density at radius 2 is 2.38 bits per heavy atom. The van der Waals surface area contributed by atoms with Gasteiger partial charge in [0.25, 0.3) is 0 Å². The summed E-state index contributed by atoms with van der Waals surface area (Å²) in [7, 11) is 0. The molecular weight excluding hydrogens is 162 g/mol. The molecule has 66 valence electrons. The third-order valence-electron chi connectivity index (χ3n) is 2.34. The van der Waals surface area contributed by atoms with Gasteiger partial charge in [0.15, 0.2) is 0 Å². The normalized spacial score (nSPS) is 24.9. The summed E-state index contributed by atoms with van der Waals surface area (Å²) < 4.78 is 0. The molecule has 1 aliphatic rings. The van der Waals surface area contributed by atoms with Crippen LogP contribution in [0.3, 0.4) is 0 Å². The maximum atomic E-state index is 8.53. The number of nitrogens with one attached hydrogen (secondary N) is 1. The van der Waals surface area contributed by atoms with Crippen molar-refractivity contribution in [2.24, 2.45) is 5.92 Å². The molecule has 1 heterocycles. The van der Waals surface area contributed by atoms with Crippen molar-refractivity contribution in [1.29, 1.82) is 5.26 Å². The molecule has 0 bridgehead atoms. The summed E-state index contributed by atoms with van der Waals surface area (Å²) in [5.74, 6) is 0.774. The maximum absolute atomic E-state index is 8.53. The molecular formula is C10H11N3. The predicted octanol–water partition coefficient (Wildman–Crippen LogP) is 1.77. The lowest BCUT2D eigenvalue weighted by molar-refractivity contribution is 0.928. The van der Waals surface area contributed by atoms with Crippen LogP contribution in [0.1, 0.15) is 19.0 Å². The van der Waals surface area contributed by atoms with Crippen molar-refractivity contribution < 1.29 is 0 Å². The van der Waals surface area contributed by atoms with Crippen molar-refractivity contribution in [3.05, 3.63) is 24.0 Å². The molecule has 3 heteroatoms. The van der Waals surface area contributed by atoms with Crippen molar-refractivity contribution in [2.45, 2.75) is 19.4 Å². The topological polar surface area (TPSA) is 48.7 Å². The lowest BCUT2D eigenvalue weighted by Crippen LogP contribution is -2.03. The Morgan fingerprint density at radius 3 is 2.85 bits per heavy atom. The largest absolute Gasteiger partial charge is 0.381 e. The zero-order chi connectivity index (χ0) is 9.26. The van der Waals surface area contributed by atoms with Crippen LogP contribution in [0.25, 0.3) is 0 Å². The fourth-order valence-electron chi connectivity index (χ4n) is 1.28. The van der Waals surface area contributed by atoms with Gasteiger partial charge in [0, 0.05) is 6.04 Å². The number of aromatic nitrogens is 1. The van der Waals surface area contributed by atoms with Gasteiger partial charge in [0.2, 0.25) is 0 Å². The van der Waals surface area contributed by atoms with Crippen LogP contribution < -0.4 is 5.32 Å². The Bertz CT molecular complexity index is 336. The predicted molar refractivity (Wildman–Crippen MR) is 50.1 cm³/mol. The second-order valence-corrected chi connectivity index (χ2v) is 3.51. The number of nitriles is 1. The summed E-state index contributed by atoms with van der Waals surface area (Å²) in [5.41, 5.74) is 1.47. The number of hydrogen-bond acceptors (Lipinski definition) is 3. The van der Waals surface area contributed by atoms with E-state index < -0.39 is 0 Å².